The SMILES string of the molecule is COc1ccc(Cl)cc1C(=O)CCC(=O)N1CCN(c2cc(C)c3cccc(OC)c3n2)CC1. The lowest BCUT2D eigenvalue weighted by molar-refractivity contribution is -0.131. The second-order valence-corrected chi connectivity index (χ2v) is 8.73. The average Bonchev–Trinajstić information content (AvgIpc) is 2.86. The summed E-state index contributed by atoms with van der Waals surface area (Å²) in [5.74, 6) is 1.90. The molecule has 4 rings (SSSR count). The Hall–Kier alpha value is -3.32. The standard InChI is InChI=1S/C26H28ClN3O4/c1-17-15-24(28-26-19(17)5-4-6-23(26)34-3)29-11-13-30(14-12-29)25(32)10-8-21(31)20-16-18(27)7-9-22(20)33-2/h4-7,9,15-16H,8,10-14H2,1-3H3. The summed E-state index contributed by atoms with van der Waals surface area (Å²) in [7, 11) is 3.16. The Morgan fingerprint density at radius 3 is 2.41 bits per heavy atom. The molecule has 178 valence electrons. The molecule has 0 aliphatic carbocycles. The second kappa shape index (κ2) is 10.3. The molecule has 0 spiro atoms. The summed E-state index contributed by atoms with van der Waals surface area (Å²) in [6.45, 7) is 4.58. The number of ether oxygens (including phenoxy) is 2. The Balaban J connectivity index is 1.37. The minimum atomic E-state index is -0.156. The Morgan fingerprint density at radius 2 is 1.71 bits per heavy atom. The number of rotatable bonds is 7. The molecule has 8 heteroatoms. The van der Waals surface area contributed by atoms with Crippen LogP contribution in [0.2, 0.25) is 5.02 Å². The van der Waals surface area contributed by atoms with Gasteiger partial charge in [-0.25, -0.2) is 4.98 Å². The predicted molar refractivity (Wildman–Crippen MR) is 133 cm³/mol. The van der Waals surface area contributed by atoms with E-state index in [0.29, 0.717) is 42.5 Å². The molecular weight excluding hydrogens is 454 g/mol. The van der Waals surface area contributed by atoms with Crippen LogP contribution in [0.5, 0.6) is 11.5 Å². The largest absolute Gasteiger partial charge is 0.496 e. The van der Waals surface area contributed by atoms with Gasteiger partial charge in [0.2, 0.25) is 5.91 Å². The minimum Gasteiger partial charge on any atom is -0.496 e. The summed E-state index contributed by atoms with van der Waals surface area (Å²) in [5.41, 5.74) is 2.38. The third-order valence-electron chi connectivity index (χ3n) is 6.20. The van der Waals surface area contributed by atoms with Crippen molar-refractivity contribution in [1.29, 1.82) is 0 Å². The van der Waals surface area contributed by atoms with Crippen LogP contribution in [0.4, 0.5) is 5.82 Å². The van der Waals surface area contributed by atoms with Crippen molar-refractivity contribution >= 4 is 40.0 Å². The molecule has 0 radical (unpaired) electrons. The first-order chi connectivity index (χ1) is 16.4. The highest BCUT2D eigenvalue weighted by Crippen LogP contribution is 2.30. The number of nitrogens with zero attached hydrogens (tertiary/aromatic N) is 3. The molecule has 0 unspecified atom stereocenters. The Bertz CT molecular complexity index is 1220. The van der Waals surface area contributed by atoms with E-state index in [-0.39, 0.29) is 24.5 Å². The van der Waals surface area contributed by atoms with Crippen LogP contribution in [-0.2, 0) is 4.79 Å². The number of piperazine rings is 1. The maximum atomic E-state index is 12.8. The first kappa shape index (κ1) is 23.8. The number of hydrogen-bond donors (Lipinski definition) is 0. The van der Waals surface area contributed by atoms with Gasteiger partial charge in [-0.15, -0.1) is 0 Å². The number of methoxy groups -OCH3 is 2. The molecule has 34 heavy (non-hydrogen) atoms. The topological polar surface area (TPSA) is 72.0 Å². The van der Waals surface area contributed by atoms with Crippen LogP contribution in [0.3, 0.4) is 0 Å². The van der Waals surface area contributed by atoms with Gasteiger partial charge in [0.25, 0.3) is 0 Å². The molecule has 0 atom stereocenters. The second-order valence-electron chi connectivity index (χ2n) is 8.29. The number of carbonyl (C=O) groups excluding carboxylic acids is 2. The number of anilines is 1. The Labute approximate surface area is 204 Å². The number of amides is 1. The van der Waals surface area contributed by atoms with Gasteiger partial charge in [-0.2, -0.15) is 0 Å². The van der Waals surface area contributed by atoms with Crippen molar-refractivity contribution in [2.75, 3.05) is 45.3 Å². The molecule has 0 N–H and O–H groups in total. The summed E-state index contributed by atoms with van der Waals surface area (Å²) >= 11 is 6.03. The van der Waals surface area contributed by atoms with E-state index in [2.05, 4.69) is 17.9 Å². The zero-order chi connectivity index (χ0) is 24.2. The number of aryl methyl sites for hydroxylation is 1. The van der Waals surface area contributed by atoms with Crippen molar-refractivity contribution in [3.63, 3.8) is 0 Å². The number of ketones is 1. The minimum absolute atomic E-state index is 0.0293. The number of Topliss-reactive ketones (excluding diaryl/α,β-unsaturated/α-hetero) is 1. The zero-order valence-electron chi connectivity index (χ0n) is 19.6. The van der Waals surface area contributed by atoms with E-state index in [1.165, 1.54) is 7.11 Å². The number of para-hydroxylation sites is 1. The molecule has 2 heterocycles. The van der Waals surface area contributed by atoms with E-state index in [0.717, 1.165) is 28.0 Å². The number of hydrogen-bond acceptors (Lipinski definition) is 6. The number of pyridine rings is 1. The zero-order valence-corrected chi connectivity index (χ0v) is 20.4. The van der Waals surface area contributed by atoms with Gasteiger partial charge in [-0.05, 0) is 42.8 Å². The lowest BCUT2D eigenvalue weighted by Gasteiger charge is -2.35. The van der Waals surface area contributed by atoms with Crippen LogP contribution in [0.15, 0.2) is 42.5 Å². The fourth-order valence-corrected chi connectivity index (χ4v) is 4.47. The van der Waals surface area contributed by atoms with E-state index in [1.807, 2.05) is 23.1 Å². The molecule has 1 amide bonds. The molecule has 3 aromatic rings. The monoisotopic (exact) mass is 481 g/mol. The van der Waals surface area contributed by atoms with Crippen molar-refractivity contribution in [3.05, 3.63) is 58.6 Å². The van der Waals surface area contributed by atoms with Gasteiger partial charge in [0.15, 0.2) is 5.78 Å². The van der Waals surface area contributed by atoms with Crippen molar-refractivity contribution in [2.24, 2.45) is 0 Å². The van der Waals surface area contributed by atoms with E-state index >= 15 is 0 Å². The summed E-state index contributed by atoms with van der Waals surface area (Å²) < 4.78 is 10.7. The molecule has 1 saturated heterocycles. The number of carbonyl (C=O) groups is 2. The van der Waals surface area contributed by atoms with Crippen molar-refractivity contribution < 1.29 is 19.1 Å². The smallest absolute Gasteiger partial charge is 0.223 e. The molecule has 2 aromatic carbocycles. The molecule has 1 aliphatic rings. The van der Waals surface area contributed by atoms with E-state index in [9.17, 15) is 9.59 Å². The van der Waals surface area contributed by atoms with Gasteiger partial charge in [-0.3, -0.25) is 9.59 Å². The quantitative estimate of drug-likeness (QED) is 0.462. The van der Waals surface area contributed by atoms with Crippen LogP contribution in [0, 0.1) is 6.92 Å². The highest BCUT2D eigenvalue weighted by atomic mass is 35.5. The third kappa shape index (κ3) is 4.94. The lowest BCUT2D eigenvalue weighted by Crippen LogP contribution is -2.49. The normalized spacial score (nSPS) is 13.8. The molecule has 1 aliphatic heterocycles. The average molecular weight is 482 g/mol. The van der Waals surface area contributed by atoms with Gasteiger partial charge in [-0.1, -0.05) is 23.7 Å². The first-order valence-corrected chi connectivity index (χ1v) is 11.6. The molecule has 0 bridgehead atoms. The number of halogens is 1. The van der Waals surface area contributed by atoms with Gasteiger partial charge < -0.3 is 19.3 Å². The molecule has 1 aromatic heterocycles. The number of fused-ring (bicyclic) bond motifs is 1. The maximum absolute atomic E-state index is 12.8. The molecule has 1 fully saturated rings. The highest BCUT2D eigenvalue weighted by molar-refractivity contribution is 6.31. The van der Waals surface area contributed by atoms with Gasteiger partial charge in [0, 0.05) is 49.4 Å². The van der Waals surface area contributed by atoms with Crippen LogP contribution in [-0.4, -0.2) is 62.0 Å². The van der Waals surface area contributed by atoms with Crippen LogP contribution in [0.25, 0.3) is 10.9 Å². The van der Waals surface area contributed by atoms with Gasteiger partial charge in [0.1, 0.15) is 22.8 Å². The Morgan fingerprint density at radius 1 is 0.971 bits per heavy atom. The van der Waals surface area contributed by atoms with Crippen molar-refractivity contribution in [1.82, 2.24) is 9.88 Å². The van der Waals surface area contributed by atoms with Crippen LogP contribution in [0.1, 0.15) is 28.8 Å². The summed E-state index contributed by atoms with van der Waals surface area (Å²) in [4.78, 5) is 34.3. The van der Waals surface area contributed by atoms with E-state index in [4.69, 9.17) is 26.1 Å². The fraction of sp³-hybridized carbons (Fsp3) is 0.346. The lowest BCUT2D eigenvalue weighted by atomic mass is 10.0. The van der Waals surface area contributed by atoms with Crippen LogP contribution < -0.4 is 14.4 Å². The molecular formula is C26H28ClN3O4. The molecule has 7 nitrogen and oxygen atoms in total. The predicted octanol–water partition coefficient (Wildman–Crippen LogP) is 4.53. The maximum Gasteiger partial charge on any atom is 0.223 e. The first-order valence-electron chi connectivity index (χ1n) is 11.2. The number of benzene rings is 2. The summed E-state index contributed by atoms with van der Waals surface area (Å²) in [6, 6.07) is 12.9. The van der Waals surface area contributed by atoms with Gasteiger partial charge >= 0.3 is 0 Å². The highest BCUT2D eigenvalue weighted by Gasteiger charge is 2.24. The molecule has 0 saturated carbocycles. The third-order valence-corrected chi connectivity index (χ3v) is 6.44. The van der Waals surface area contributed by atoms with E-state index in [1.54, 1.807) is 25.3 Å². The fourth-order valence-electron chi connectivity index (χ4n) is 4.30. The number of aromatic nitrogens is 1. The summed E-state index contributed by atoms with van der Waals surface area (Å²) in [5, 5.41) is 1.53. The van der Waals surface area contributed by atoms with Crippen molar-refractivity contribution in [3.8, 4) is 11.5 Å². The Kier molecular flexibility index (Phi) is 7.22. The van der Waals surface area contributed by atoms with Crippen molar-refractivity contribution in [2.45, 2.75) is 19.8 Å². The summed E-state index contributed by atoms with van der Waals surface area (Å²) in [6.07, 6.45) is 0.264. The van der Waals surface area contributed by atoms with E-state index < -0.39 is 0 Å². The van der Waals surface area contributed by atoms with Gasteiger partial charge in [0.05, 0.1) is 19.8 Å². The van der Waals surface area contributed by atoms with Crippen LogP contribution >= 0.6 is 11.6 Å².